The van der Waals surface area contributed by atoms with E-state index < -0.39 is 24.2 Å². The largest absolute Gasteiger partial charge is 0.471 e. The fraction of sp³-hybridized carbons (Fsp3) is 0.316. The van der Waals surface area contributed by atoms with Crippen LogP contribution in [-0.4, -0.2) is 24.7 Å². The molecule has 136 valence electrons. The molecule has 4 rings (SSSR count). The first-order chi connectivity index (χ1) is 12.4. The van der Waals surface area contributed by atoms with Gasteiger partial charge in [-0.15, -0.1) is 0 Å². The highest BCUT2D eigenvalue weighted by Gasteiger charge is 2.44. The molecule has 1 fully saturated rings. The minimum Gasteiger partial charge on any atom is -0.455 e. The van der Waals surface area contributed by atoms with Gasteiger partial charge in [-0.2, -0.15) is 13.2 Å². The summed E-state index contributed by atoms with van der Waals surface area (Å²) < 4.78 is 44.4. The van der Waals surface area contributed by atoms with E-state index in [0.717, 1.165) is 11.3 Å². The Labute approximate surface area is 148 Å². The average Bonchev–Trinajstić information content (AvgIpc) is 2.76. The number of para-hydroxylation sites is 3. The van der Waals surface area contributed by atoms with Crippen LogP contribution in [0.5, 0.6) is 11.5 Å². The van der Waals surface area contributed by atoms with Gasteiger partial charge in [-0.25, -0.2) is 0 Å². The number of ether oxygens (including phenoxy) is 1. The number of hydrogen-bond donors (Lipinski definition) is 1. The summed E-state index contributed by atoms with van der Waals surface area (Å²) in [6.07, 6.45) is -3.75. The Morgan fingerprint density at radius 3 is 2.54 bits per heavy atom. The van der Waals surface area contributed by atoms with E-state index in [9.17, 15) is 18.0 Å². The van der Waals surface area contributed by atoms with Gasteiger partial charge in [-0.1, -0.05) is 30.3 Å². The fourth-order valence-corrected chi connectivity index (χ4v) is 3.77. The molecule has 0 saturated carbocycles. The molecule has 2 unspecified atom stereocenters. The third-order valence-corrected chi connectivity index (χ3v) is 4.84. The Hall–Kier alpha value is -2.70. The Kier molecular flexibility index (Phi) is 4.01. The molecule has 0 spiro atoms. The summed E-state index contributed by atoms with van der Waals surface area (Å²) in [4.78, 5) is 13.6. The van der Waals surface area contributed by atoms with Crippen molar-refractivity contribution >= 4 is 11.6 Å². The molecular weight excluding hydrogens is 345 g/mol. The van der Waals surface area contributed by atoms with E-state index in [1.807, 2.05) is 47.4 Å². The van der Waals surface area contributed by atoms with E-state index >= 15 is 0 Å². The Bertz CT molecular complexity index is 838. The normalized spacial score (nSPS) is 21.6. The van der Waals surface area contributed by atoms with Crippen molar-refractivity contribution in [3.8, 4) is 11.5 Å². The number of halogens is 3. The van der Waals surface area contributed by atoms with Crippen LogP contribution in [0, 0.1) is 0 Å². The first kappa shape index (κ1) is 16.8. The molecule has 26 heavy (non-hydrogen) atoms. The van der Waals surface area contributed by atoms with Crippen molar-refractivity contribution in [2.45, 2.75) is 31.1 Å². The van der Waals surface area contributed by atoms with Crippen molar-refractivity contribution in [2.75, 3.05) is 11.4 Å². The van der Waals surface area contributed by atoms with Crippen LogP contribution >= 0.6 is 0 Å². The second kappa shape index (κ2) is 6.23. The summed E-state index contributed by atoms with van der Waals surface area (Å²) in [6.45, 7) is 0.678. The number of nitrogens with one attached hydrogen (secondary N) is 1. The van der Waals surface area contributed by atoms with Crippen molar-refractivity contribution in [1.29, 1.82) is 0 Å². The summed E-state index contributed by atoms with van der Waals surface area (Å²) in [5, 5.41) is 2.20. The molecule has 2 aromatic rings. The Balaban J connectivity index is 1.79. The molecule has 2 aliphatic heterocycles. The minimum atomic E-state index is -4.90. The summed E-state index contributed by atoms with van der Waals surface area (Å²) in [5.74, 6) is -0.647. The second-order valence-corrected chi connectivity index (χ2v) is 6.47. The van der Waals surface area contributed by atoms with Gasteiger partial charge >= 0.3 is 12.1 Å². The molecule has 2 aliphatic rings. The highest BCUT2D eigenvalue weighted by atomic mass is 19.4. The zero-order chi connectivity index (χ0) is 18.3. The van der Waals surface area contributed by atoms with E-state index in [4.69, 9.17) is 4.74 Å². The average molecular weight is 362 g/mol. The number of carbonyl (C=O) groups excluding carboxylic acids is 1. The maximum absolute atomic E-state index is 12.8. The maximum Gasteiger partial charge on any atom is 0.471 e. The first-order valence-corrected chi connectivity index (χ1v) is 8.45. The maximum atomic E-state index is 12.8. The van der Waals surface area contributed by atoms with Gasteiger partial charge in [0.1, 0.15) is 5.75 Å². The van der Waals surface area contributed by atoms with Crippen LogP contribution in [0.3, 0.4) is 0 Å². The molecule has 1 N–H and O–H groups in total. The van der Waals surface area contributed by atoms with Gasteiger partial charge in [0, 0.05) is 12.1 Å². The topological polar surface area (TPSA) is 41.6 Å². The lowest BCUT2D eigenvalue weighted by Crippen LogP contribution is -2.52. The summed E-state index contributed by atoms with van der Waals surface area (Å²) in [6, 6.07) is 13.7. The smallest absolute Gasteiger partial charge is 0.455 e. The Morgan fingerprint density at radius 1 is 1.08 bits per heavy atom. The number of benzene rings is 2. The molecule has 2 atom stereocenters. The van der Waals surface area contributed by atoms with E-state index in [1.54, 1.807) is 6.07 Å². The molecule has 0 radical (unpaired) electrons. The first-order valence-electron chi connectivity index (χ1n) is 8.45. The summed E-state index contributed by atoms with van der Waals surface area (Å²) in [5.41, 5.74) is 1.59. The van der Waals surface area contributed by atoms with E-state index in [-0.39, 0.29) is 0 Å². The van der Waals surface area contributed by atoms with Gasteiger partial charge in [0.25, 0.3) is 0 Å². The van der Waals surface area contributed by atoms with Crippen LogP contribution in [-0.2, 0) is 4.79 Å². The van der Waals surface area contributed by atoms with Crippen molar-refractivity contribution < 1.29 is 22.7 Å². The zero-order valence-corrected chi connectivity index (χ0v) is 13.8. The van der Waals surface area contributed by atoms with Gasteiger partial charge in [0.15, 0.2) is 5.75 Å². The lowest BCUT2D eigenvalue weighted by molar-refractivity contribution is -0.174. The molecule has 0 aliphatic carbocycles. The number of anilines is 1. The molecule has 2 aromatic carbocycles. The van der Waals surface area contributed by atoms with Crippen LogP contribution < -0.4 is 15.0 Å². The zero-order valence-electron chi connectivity index (χ0n) is 13.8. The predicted molar refractivity (Wildman–Crippen MR) is 90.3 cm³/mol. The van der Waals surface area contributed by atoms with Gasteiger partial charge in [0.2, 0.25) is 0 Å². The van der Waals surface area contributed by atoms with Crippen molar-refractivity contribution in [2.24, 2.45) is 0 Å². The van der Waals surface area contributed by atoms with Gasteiger partial charge in [0.05, 0.1) is 17.8 Å². The molecule has 7 heteroatoms. The van der Waals surface area contributed by atoms with Crippen LogP contribution in [0.1, 0.15) is 24.4 Å². The number of fused-ring (bicyclic) bond motifs is 5. The van der Waals surface area contributed by atoms with Crippen molar-refractivity contribution in [1.82, 2.24) is 5.32 Å². The van der Waals surface area contributed by atoms with Crippen LogP contribution in [0.2, 0.25) is 0 Å². The Morgan fingerprint density at radius 2 is 1.77 bits per heavy atom. The highest BCUT2D eigenvalue weighted by molar-refractivity contribution is 5.82. The number of alkyl halides is 3. The standard InChI is InChI=1S/C19H17F3N2O2/c20-19(21,22)18(25)23-13-7-5-11-24-14-8-2-4-10-16(14)26-15-9-3-1-6-12(15)17(13)24/h1-4,6,8-10,13,17H,5,7,11H2,(H,23,25). The number of amides is 1. The van der Waals surface area contributed by atoms with E-state index in [1.165, 1.54) is 0 Å². The molecule has 4 nitrogen and oxygen atoms in total. The van der Waals surface area contributed by atoms with E-state index in [2.05, 4.69) is 5.32 Å². The molecule has 0 bridgehead atoms. The van der Waals surface area contributed by atoms with E-state index in [0.29, 0.717) is 30.9 Å². The van der Waals surface area contributed by atoms with Gasteiger partial charge < -0.3 is 15.0 Å². The molecule has 1 amide bonds. The SMILES string of the molecule is O=C(NC1CCCN2c3ccccc3Oc3ccccc3C12)C(F)(F)F. The third kappa shape index (κ3) is 2.87. The van der Waals surface area contributed by atoms with Crippen molar-refractivity contribution in [3.63, 3.8) is 0 Å². The van der Waals surface area contributed by atoms with Crippen LogP contribution in [0.15, 0.2) is 48.5 Å². The second-order valence-electron chi connectivity index (χ2n) is 6.47. The van der Waals surface area contributed by atoms with Gasteiger partial charge in [-0.05, 0) is 31.0 Å². The van der Waals surface area contributed by atoms with Crippen LogP contribution in [0.25, 0.3) is 0 Å². The summed E-state index contributed by atoms with van der Waals surface area (Å²) >= 11 is 0. The number of nitrogens with zero attached hydrogens (tertiary/aromatic N) is 1. The predicted octanol–water partition coefficient (Wildman–Crippen LogP) is 4.18. The third-order valence-electron chi connectivity index (χ3n) is 4.84. The number of piperidine rings is 1. The molecule has 1 saturated heterocycles. The monoisotopic (exact) mass is 362 g/mol. The fourth-order valence-electron chi connectivity index (χ4n) is 3.77. The minimum absolute atomic E-state index is 0.421. The molecular formula is C19H17F3N2O2. The quantitative estimate of drug-likeness (QED) is 0.827. The van der Waals surface area contributed by atoms with Crippen molar-refractivity contribution in [3.05, 3.63) is 54.1 Å². The number of hydrogen-bond acceptors (Lipinski definition) is 3. The highest BCUT2D eigenvalue weighted by Crippen LogP contribution is 2.47. The molecule has 2 heterocycles. The summed E-state index contributed by atoms with van der Waals surface area (Å²) in [7, 11) is 0. The lowest BCUT2D eigenvalue weighted by Gasteiger charge is -2.42. The number of carbonyl (C=O) groups is 1. The molecule has 0 aromatic heterocycles. The van der Waals surface area contributed by atoms with Crippen LogP contribution in [0.4, 0.5) is 18.9 Å². The lowest BCUT2D eigenvalue weighted by atomic mass is 9.89. The number of rotatable bonds is 1. The van der Waals surface area contributed by atoms with Gasteiger partial charge in [-0.3, -0.25) is 4.79 Å².